The fourth-order valence-electron chi connectivity index (χ4n) is 6.25. The molecule has 240 valence electrons. The van der Waals surface area contributed by atoms with Gasteiger partial charge in [0.1, 0.15) is 17.0 Å². The van der Waals surface area contributed by atoms with E-state index < -0.39 is 23.9 Å². The first-order valence-corrected chi connectivity index (χ1v) is 16.4. The monoisotopic (exact) mass is 644 g/mol. The van der Waals surface area contributed by atoms with Gasteiger partial charge in [0.05, 0.1) is 10.7 Å². The van der Waals surface area contributed by atoms with Gasteiger partial charge in [-0.3, -0.25) is 39.2 Å². The van der Waals surface area contributed by atoms with Gasteiger partial charge in [0.15, 0.2) is 0 Å². The highest BCUT2D eigenvalue weighted by Crippen LogP contribution is 2.36. The molecule has 0 radical (unpaired) electrons. The van der Waals surface area contributed by atoms with E-state index in [1.807, 2.05) is 6.92 Å². The summed E-state index contributed by atoms with van der Waals surface area (Å²) in [6.45, 7) is 5.61. The van der Waals surface area contributed by atoms with Gasteiger partial charge in [-0.25, -0.2) is 4.98 Å². The molecule has 5 amide bonds. The number of benzene rings is 1. The van der Waals surface area contributed by atoms with Crippen molar-refractivity contribution in [2.75, 3.05) is 24.7 Å². The van der Waals surface area contributed by atoms with E-state index in [1.165, 1.54) is 21.1 Å². The summed E-state index contributed by atoms with van der Waals surface area (Å²) >= 11 is 1.30. The fraction of sp³-hybridized carbons (Fsp3) is 0.424. The maximum Gasteiger partial charge on any atom is 0.271 e. The number of hydrogen-bond donors (Lipinski definition) is 2. The predicted molar refractivity (Wildman–Crippen MR) is 169 cm³/mol. The molecule has 12 nitrogen and oxygen atoms in total. The number of hydrogen-bond acceptors (Lipinski definition) is 9. The van der Waals surface area contributed by atoms with Crippen LogP contribution in [0.3, 0.4) is 0 Å². The number of amides is 5. The van der Waals surface area contributed by atoms with Gasteiger partial charge >= 0.3 is 0 Å². The molecule has 2 fully saturated rings. The second-order valence-electron chi connectivity index (χ2n) is 11.8. The lowest BCUT2D eigenvalue weighted by Crippen LogP contribution is -2.52. The van der Waals surface area contributed by atoms with E-state index in [4.69, 9.17) is 4.74 Å². The van der Waals surface area contributed by atoms with Gasteiger partial charge < -0.3 is 15.0 Å². The Bertz CT molecular complexity index is 1670. The molecule has 3 aliphatic heterocycles. The van der Waals surface area contributed by atoms with E-state index in [1.54, 1.807) is 49.6 Å². The molecule has 2 N–H and O–H groups in total. The molecule has 2 atom stereocenters. The summed E-state index contributed by atoms with van der Waals surface area (Å²) in [6, 6.07) is 6.68. The Balaban J connectivity index is 1.39. The molecule has 2 saturated heterocycles. The number of piperidine rings is 1. The van der Waals surface area contributed by atoms with E-state index in [0.29, 0.717) is 59.1 Å². The van der Waals surface area contributed by atoms with Crippen molar-refractivity contribution in [1.82, 2.24) is 25.5 Å². The molecular formula is C33H36N6O6S. The quantitative estimate of drug-likeness (QED) is 0.338. The van der Waals surface area contributed by atoms with E-state index >= 15 is 0 Å². The third kappa shape index (κ3) is 6.29. The summed E-state index contributed by atoms with van der Waals surface area (Å²) in [5.41, 5.74) is 2.55. The number of nitrogens with zero attached hydrogens (tertiary/aromatic N) is 4. The molecule has 2 aromatic heterocycles. The van der Waals surface area contributed by atoms with Gasteiger partial charge in [-0.15, -0.1) is 11.3 Å². The Hall–Kier alpha value is -4.49. The van der Waals surface area contributed by atoms with Crippen LogP contribution >= 0.6 is 11.3 Å². The molecule has 0 saturated carbocycles. The van der Waals surface area contributed by atoms with Crippen LogP contribution in [0.2, 0.25) is 0 Å². The van der Waals surface area contributed by atoms with Crippen LogP contribution in [0.5, 0.6) is 0 Å². The van der Waals surface area contributed by atoms with Crippen LogP contribution in [0, 0.1) is 12.8 Å². The molecule has 2 unspecified atom stereocenters. The number of carbonyl (C=O) groups excluding carboxylic acids is 5. The summed E-state index contributed by atoms with van der Waals surface area (Å²) in [5.74, 6) is -1.67. The van der Waals surface area contributed by atoms with E-state index in [0.717, 1.165) is 17.8 Å². The molecule has 5 heterocycles. The Labute approximate surface area is 270 Å². The van der Waals surface area contributed by atoms with Crippen LogP contribution in [0.15, 0.2) is 42.7 Å². The highest BCUT2D eigenvalue weighted by molar-refractivity contribution is 7.14. The number of carbonyl (C=O) groups is 5. The number of anilines is 1. The van der Waals surface area contributed by atoms with Crippen molar-refractivity contribution in [3.05, 3.63) is 75.0 Å². The minimum absolute atomic E-state index is 0.128. The van der Waals surface area contributed by atoms with Gasteiger partial charge in [-0.05, 0) is 68.4 Å². The standard InChI is InChI=1S/C33H36N6O6S/c1-3-27-36-19(2)29(46-27)33(44)39(28(21-5-4-12-34-17-21)31(42)35-16-20-10-13-45-14-11-20)23-6-7-24-22(15-23)18-38(32(24)43)25-8-9-26(40)37-30(25)41/h4-7,12,15,17,20,25,28H,3,8-11,13-14,16,18H2,1-2H3,(H,35,42)(H,37,40,41). The third-order valence-corrected chi connectivity index (χ3v) is 10.0. The third-order valence-electron chi connectivity index (χ3n) is 8.75. The molecule has 0 bridgehead atoms. The summed E-state index contributed by atoms with van der Waals surface area (Å²) < 4.78 is 5.48. The Morgan fingerprint density at radius 3 is 2.67 bits per heavy atom. The number of rotatable bonds is 9. The topological polar surface area (TPSA) is 151 Å². The van der Waals surface area contributed by atoms with Crippen LogP contribution in [-0.2, 0) is 32.1 Å². The highest BCUT2D eigenvalue weighted by Gasteiger charge is 2.41. The lowest BCUT2D eigenvalue weighted by molar-refractivity contribution is -0.137. The van der Waals surface area contributed by atoms with Crippen molar-refractivity contribution < 1.29 is 28.7 Å². The summed E-state index contributed by atoms with van der Waals surface area (Å²) in [7, 11) is 0. The highest BCUT2D eigenvalue weighted by atomic mass is 32.1. The molecule has 13 heteroatoms. The van der Waals surface area contributed by atoms with Gasteiger partial charge in [0.25, 0.3) is 11.8 Å². The number of aryl methyl sites for hydroxylation is 2. The van der Waals surface area contributed by atoms with Crippen molar-refractivity contribution in [2.24, 2.45) is 5.92 Å². The Kier molecular flexibility index (Phi) is 9.22. The van der Waals surface area contributed by atoms with Crippen LogP contribution < -0.4 is 15.5 Å². The predicted octanol–water partition coefficient (Wildman–Crippen LogP) is 3.10. The molecular weight excluding hydrogens is 608 g/mol. The maximum absolute atomic E-state index is 14.6. The summed E-state index contributed by atoms with van der Waals surface area (Å²) in [5, 5.41) is 6.22. The number of imide groups is 1. The number of aromatic nitrogens is 2. The van der Waals surface area contributed by atoms with E-state index in [9.17, 15) is 24.0 Å². The number of pyridine rings is 1. The maximum atomic E-state index is 14.6. The zero-order chi connectivity index (χ0) is 32.4. The van der Waals surface area contributed by atoms with Crippen LogP contribution in [-0.4, -0.2) is 70.2 Å². The average molecular weight is 645 g/mol. The SMILES string of the molecule is CCc1nc(C)c(C(=O)N(c2ccc3c(c2)CN(C2CCC(=O)NC2=O)C3=O)C(C(=O)NCC2CCOCC2)c2cccnc2)s1. The van der Waals surface area contributed by atoms with Crippen LogP contribution in [0.4, 0.5) is 5.69 Å². The second-order valence-corrected chi connectivity index (χ2v) is 12.9. The fourth-order valence-corrected chi connectivity index (χ4v) is 7.19. The Morgan fingerprint density at radius 1 is 1.17 bits per heavy atom. The molecule has 6 rings (SSSR count). The van der Waals surface area contributed by atoms with Gasteiger partial charge in [0, 0.05) is 61.9 Å². The summed E-state index contributed by atoms with van der Waals surface area (Å²) in [4.78, 5) is 78.7. The normalized spacial score (nSPS) is 19.0. The van der Waals surface area contributed by atoms with Crippen LogP contribution in [0.1, 0.15) is 80.5 Å². The Morgan fingerprint density at radius 2 is 1.98 bits per heavy atom. The lowest BCUT2D eigenvalue weighted by Gasteiger charge is -2.32. The zero-order valence-electron chi connectivity index (χ0n) is 25.8. The number of ether oxygens (including phenoxy) is 1. The molecule has 0 aliphatic carbocycles. The van der Waals surface area contributed by atoms with Crippen molar-refractivity contribution in [3.63, 3.8) is 0 Å². The second kappa shape index (κ2) is 13.5. The number of fused-ring (bicyclic) bond motifs is 1. The first kappa shape index (κ1) is 31.5. The minimum Gasteiger partial charge on any atom is -0.381 e. The smallest absolute Gasteiger partial charge is 0.271 e. The van der Waals surface area contributed by atoms with Crippen LogP contribution in [0.25, 0.3) is 0 Å². The molecule has 3 aromatic rings. The number of thiazole rings is 1. The van der Waals surface area contributed by atoms with Gasteiger partial charge in [0.2, 0.25) is 17.7 Å². The lowest BCUT2D eigenvalue weighted by atomic mass is 9.99. The average Bonchev–Trinajstić information content (AvgIpc) is 3.61. The van der Waals surface area contributed by atoms with E-state index in [-0.39, 0.29) is 43.0 Å². The molecule has 3 aliphatic rings. The first-order chi connectivity index (χ1) is 22.2. The molecule has 1 aromatic carbocycles. The largest absolute Gasteiger partial charge is 0.381 e. The summed E-state index contributed by atoms with van der Waals surface area (Å²) in [6.07, 6.45) is 5.91. The number of nitrogens with one attached hydrogen (secondary N) is 2. The van der Waals surface area contributed by atoms with Crippen molar-refractivity contribution in [1.29, 1.82) is 0 Å². The van der Waals surface area contributed by atoms with Gasteiger partial charge in [-0.1, -0.05) is 13.0 Å². The molecule has 0 spiro atoms. The minimum atomic E-state index is -1.07. The van der Waals surface area contributed by atoms with Crippen molar-refractivity contribution in [2.45, 2.75) is 64.6 Å². The first-order valence-electron chi connectivity index (χ1n) is 15.6. The van der Waals surface area contributed by atoms with Gasteiger partial charge in [-0.2, -0.15) is 0 Å². The van der Waals surface area contributed by atoms with E-state index in [2.05, 4.69) is 20.6 Å². The van der Waals surface area contributed by atoms with Crippen molar-refractivity contribution in [3.8, 4) is 0 Å². The van der Waals surface area contributed by atoms with Crippen molar-refractivity contribution >= 4 is 46.6 Å². The molecule has 46 heavy (non-hydrogen) atoms. The zero-order valence-corrected chi connectivity index (χ0v) is 26.6.